The van der Waals surface area contributed by atoms with Crippen LogP contribution >= 0.6 is 11.6 Å². The quantitative estimate of drug-likeness (QED) is 0.680. The summed E-state index contributed by atoms with van der Waals surface area (Å²) in [6.45, 7) is 1.42. The van der Waals surface area contributed by atoms with Gasteiger partial charge in [0.25, 0.3) is 0 Å². The number of aromatic nitrogens is 1. The predicted octanol–water partition coefficient (Wildman–Crippen LogP) is 4.81. The molecule has 24 heavy (non-hydrogen) atoms. The molecule has 1 saturated heterocycles. The summed E-state index contributed by atoms with van der Waals surface area (Å²) in [5, 5.41) is 0.702. The highest BCUT2D eigenvalue weighted by molar-refractivity contribution is 6.30. The van der Waals surface area contributed by atoms with Crippen molar-refractivity contribution in [1.82, 2.24) is 4.57 Å². The van der Waals surface area contributed by atoms with Crippen LogP contribution in [0.5, 0.6) is 0 Å². The summed E-state index contributed by atoms with van der Waals surface area (Å²) in [4.78, 5) is 2.14. The summed E-state index contributed by atoms with van der Waals surface area (Å²) in [7, 11) is 0. The number of benzene rings is 2. The van der Waals surface area contributed by atoms with Crippen LogP contribution in [-0.4, -0.2) is 17.7 Å². The molecule has 0 radical (unpaired) electrons. The minimum absolute atomic E-state index is 0.170. The van der Waals surface area contributed by atoms with Crippen LogP contribution in [0.15, 0.2) is 67.0 Å². The first-order valence-corrected chi connectivity index (χ1v) is 8.16. The van der Waals surface area contributed by atoms with Gasteiger partial charge in [-0.15, -0.1) is 0 Å². The molecule has 2 aromatic carbocycles. The molecule has 1 aliphatic rings. The molecule has 3 aromatic rings. The first kappa shape index (κ1) is 15.2. The second-order valence-electron chi connectivity index (χ2n) is 5.72. The maximum absolute atomic E-state index is 13.2. The van der Waals surface area contributed by atoms with E-state index in [0.717, 1.165) is 23.5 Å². The van der Waals surface area contributed by atoms with Crippen LogP contribution in [0.2, 0.25) is 5.02 Å². The van der Waals surface area contributed by atoms with Gasteiger partial charge in [0.2, 0.25) is 0 Å². The number of nitrogens with zero attached hydrogens (tertiary/aromatic N) is 2. The lowest BCUT2D eigenvalue weighted by atomic mass is 10.2. The van der Waals surface area contributed by atoms with Crippen LogP contribution in [0.3, 0.4) is 0 Å². The van der Waals surface area contributed by atoms with Gasteiger partial charge in [0.05, 0.1) is 6.61 Å². The Kier molecular flexibility index (Phi) is 4.00. The molecule has 0 amide bonds. The summed E-state index contributed by atoms with van der Waals surface area (Å²) in [5.41, 5.74) is 3.01. The van der Waals surface area contributed by atoms with E-state index in [1.54, 1.807) is 12.1 Å². The molecule has 0 aliphatic carbocycles. The zero-order valence-electron chi connectivity index (χ0n) is 12.9. The van der Waals surface area contributed by atoms with Crippen molar-refractivity contribution in [2.24, 2.45) is 0 Å². The van der Waals surface area contributed by atoms with Crippen molar-refractivity contribution in [1.29, 1.82) is 0 Å². The van der Waals surface area contributed by atoms with E-state index in [9.17, 15) is 4.39 Å². The van der Waals surface area contributed by atoms with Gasteiger partial charge in [0.15, 0.2) is 6.23 Å². The van der Waals surface area contributed by atoms with Crippen molar-refractivity contribution >= 4 is 17.3 Å². The minimum atomic E-state index is -0.234. The van der Waals surface area contributed by atoms with Crippen molar-refractivity contribution in [2.75, 3.05) is 18.1 Å². The number of hydrogen-bond donors (Lipinski definition) is 0. The zero-order valence-corrected chi connectivity index (χ0v) is 13.7. The van der Waals surface area contributed by atoms with E-state index in [4.69, 9.17) is 16.3 Å². The zero-order chi connectivity index (χ0) is 16.5. The highest BCUT2D eigenvalue weighted by Crippen LogP contribution is 2.32. The first-order valence-electron chi connectivity index (χ1n) is 7.78. The molecule has 1 fully saturated rings. The first-order chi connectivity index (χ1) is 11.7. The molecule has 2 heterocycles. The summed E-state index contributed by atoms with van der Waals surface area (Å²) >= 11 is 6.07. The fourth-order valence-electron chi connectivity index (χ4n) is 3.00. The lowest BCUT2D eigenvalue weighted by molar-refractivity contribution is 0.114. The third-order valence-corrected chi connectivity index (χ3v) is 4.39. The van der Waals surface area contributed by atoms with Gasteiger partial charge in [0, 0.05) is 40.9 Å². The molecular weight excluding hydrogens is 327 g/mol. The van der Waals surface area contributed by atoms with Crippen LogP contribution in [0.25, 0.3) is 5.69 Å². The third-order valence-electron chi connectivity index (χ3n) is 4.16. The van der Waals surface area contributed by atoms with Crippen molar-refractivity contribution in [2.45, 2.75) is 6.23 Å². The second-order valence-corrected chi connectivity index (χ2v) is 6.16. The van der Waals surface area contributed by atoms with E-state index < -0.39 is 0 Å². The van der Waals surface area contributed by atoms with E-state index in [0.29, 0.717) is 11.6 Å². The molecule has 3 nitrogen and oxygen atoms in total. The van der Waals surface area contributed by atoms with E-state index >= 15 is 0 Å². The number of halogens is 2. The van der Waals surface area contributed by atoms with Gasteiger partial charge in [-0.25, -0.2) is 4.39 Å². The van der Waals surface area contributed by atoms with Gasteiger partial charge >= 0.3 is 0 Å². The van der Waals surface area contributed by atoms with Gasteiger partial charge < -0.3 is 14.2 Å². The van der Waals surface area contributed by atoms with Crippen molar-refractivity contribution in [3.05, 3.63) is 83.4 Å². The van der Waals surface area contributed by atoms with Crippen LogP contribution in [-0.2, 0) is 4.74 Å². The Morgan fingerprint density at radius 3 is 2.67 bits per heavy atom. The largest absolute Gasteiger partial charge is 0.352 e. The standard InChI is InChI=1S/C19H16ClFN2O/c20-15-2-1-3-18(12-15)22-9-8-14(13-22)19-23(10-11-24-19)17-6-4-16(21)5-7-17/h1-9,12-13,19H,10-11H2/t19-/m0/s1. The third kappa shape index (κ3) is 2.90. The summed E-state index contributed by atoms with van der Waals surface area (Å²) in [6, 6.07) is 16.2. The number of hydrogen-bond acceptors (Lipinski definition) is 2. The Morgan fingerprint density at radius 2 is 1.88 bits per heavy atom. The number of ether oxygens (including phenoxy) is 1. The molecule has 0 unspecified atom stereocenters. The molecule has 1 aromatic heterocycles. The van der Waals surface area contributed by atoms with Gasteiger partial charge in [-0.05, 0) is 48.5 Å². The van der Waals surface area contributed by atoms with Crippen LogP contribution < -0.4 is 4.90 Å². The van der Waals surface area contributed by atoms with E-state index in [2.05, 4.69) is 4.90 Å². The SMILES string of the molecule is Fc1ccc(N2CCO[C@H]2c2ccn(-c3cccc(Cl)c3)c2)cc1. The summed E-state index contributed by atoms with van der Waals surface area (Å²) in [5.74, 6) is -0.234. The Balaban J connectivity index is 1.62. The van der Waals surface area contributed by atoms with Gasteiger partial charge in [-0.2, -0.15) is 0 Å². The average Bonchev–Trinajstić information content (AvgIpc) is 3.24. The predicted molar refractivity (Wildman–Crippen MR) is 93.2 cm³/mol. The Labute approximate surface area is 144 Å². The normalized spacial score (nSPS) is 17.4. The maximum atomic E-state index is 13.2. The lowest BCUT2D eigenvalue weighted by Crippen LogP contribution is -2.22. The van der Waals surface area contributed by atoms with E-state index in [-0.39, 0.29) is 12.0 Å². The van der Waals surface area contributed by atoms with Crippen molar-refractivity contribution in [3.63, 3.8) is 0 Å². The maximum Gasteiger partial charge on any atom is 0.158 e. The van der Waals surface area contributed by atoms with Gasteiger partial charge in [-0.3, -0.25) is 0 Å². The molecule has 1 aliphatic heterocycles. The van der Waals surface area contributed by atoms with E-state index in [1.807, 2.05) is 47.3 Å². The number of rotatable bonds is 3. The van der Waals surface area contributed by atoms with Crippen molar-refractivity contribution < 1.29 is 9.13 Å². The van der Waals surface area contributed by atoms with E-state index in [1.165, 1.54) is 12.1 Å². The molecule has 5 heteroatoms. The topological polar surface area (TPSA) is 17.4 Å². The highest BCUT2D eigenvalue weighted by atomic mass is 35.5. The lowest BCUT2D eigenvalue weighted by Gasteiger charge is -2.24. The fraction of sp³-hybridized carbons (Fsp3) is 0.158. The molecular formula is C19H16ClFN2O. The minimum Gasteiger partial charge on any atom is -0.352 e. The Morgan fingerprint density at radius 1 is 1.04 bits per heavy atom. The average molecular weight is 343 g/mol. The number of anilines is 1. The van der Waals surface area contributed by atoms with Crippen molar-refractivity contribution in [3.8, 4) is 5.69 Å². The Bertz CT molecular complexity index is 847. The second kappa shape index (κ2) is 6.30. The monoisotopic (exact) mass is 342 g/mol. The summed E-state index contributed by atoms with van der Waals surface area (Å²) < 4.78 is 21.1. The molecule has 1 atom stereocenters. The molecule has 0 bridgehead atoms. The summed E-state index contributed by atoms with van der Waals surface area (Å²) in [6.07, 6.45) is 3.86. The molecule has 0 spiro atoms. The molecule has 122 valence electrons. The molecule has 4 rings (SSSR count). The molecule has 0 N–H and O–H groups in total. The fourth-order valence-corrected chi connectivity index (χ4v) is 3.18. The smallest absolute Gasteiger partial charge is 0.158 e. The molecule has 0 saturated carbocycles. The van der Waals surface area contributed by atoms with Crippen LogP contribution in [0.4, 0.5) is 10.1 Å². The Hall–Kier alpha value is -2.30. The van der Waals surface area contributed by atoms with Gasteiger partial charge in [0.1, 0.15) is 5.82 Å². The van der Waals surface area contributed by atoms with Crippen LogP contribution in [0, 0.1) is 5.82 Å². The van der Waals surface area contributed by atoms with Gasteiger partial charge in [-0.1, -0.05) is 17.7 Å². The van der Waals surface area contributed by atoms with Crippen LogP contribution in [0.1, 0.15) is 11.8 Å². The highest BCUT2D eigenvalue weighted by Gasteiger charge is 2.27.